The van der Waals surface area contributed by atoms with Crippen LogP contribution in [0.15, 0.2) is 48.5 Å². The average Bonchev–Trinajstić information content (AvgIpc) is 3.29. The third kappa shape index (κ3) is 8.47. The van der Waals surface area contributed by atoms with Gasteiger partial charge in [0.1, 0.15) is 12.4 Å². The molecule has 8 nitrogen and oxygen atoms in total. The first-order chi connectivity index (χ1) is 19.4. The van der Waals surface area contributed by atoms with Crippen LogP contribution < -0.4 is 10.6 Å². The first kappa shape index (κ1) is 32.4. The number of anilines is 2. The van der Waals surface area contributed by atoms with E-state index < -0.39 is 47.6 Å². The number of benzene rings is 2. The van der Waals surface area contributed by atoms with Crippen LogP contribution in [0.5, 0.6) is 0 Å². The molecule has 14 heteroatoms. The van der Waals surface area contributed by atoms with E-state index in [-0.39, 0.29) is 24.6 Å². The summed E-state index contributed by atoms with van der Waals surface area (Å²) in [5.74, 6) is -0.383. The van der Waals surface area contributed by atoms with Crippen LogP contribution in [0.1, 0.15) is 43.2 Å². The minimum atomic E-state index is -5.09. The van der Waals surface area contributed by atoms with Crippen LogP contribution >= 0.6 is 0 Å². The van der Waals surface area contributed by atoms with Gasteiger partial charge in [0.25, 0.3) is 0 Å². The van der Waals surface area contributed by atoms with Gasteiger partial charge in [-0.1, -0.05) is 32.9 Å². The van der Waals surface area contributed by atoms with E-state index in [1.54, 1.807) is 12.1 Å². The number of urea groups is 1. The normalized spacial score (nSPS) is 12.3. The van der Waals surface area contributed by atoms with Crippen molar-refractivity contribution in [1.29, 1.82) is 0 Å². The zero-order chi connectivity index (χ0) is 31.5. The van der Waals surface area contributed by atoms with Gasteiger partial charge in [0.2, 0.25) is 5.91 Å². The van der Waals surface area contributed by atoms with Gasteiger partial charge in [-0.25, -0.2) is 9.48 Å². The van der Waals surface area contributed by atoms with E-state index in [2.05, 4.69) is 10.4 Å². The Bertz CT molecular complexity index is 1390. The predicted molar refractivity (Wildman–Crippen MR) is 145 cm³/mol. The van der Waals surface area contributed by atoms with Crippen molar-refractivity contribution >= 4 is 23.4 Å². The Labute approximate surface area is 238 Å². The zero-order valence-corrected chi connectivity index (χ0v) is 23.6. The molecule has 3 amide bonds. The molecule has 1 aromatic heterocycles. The lowest BCUT2D eigenvalue weighted by Gasteiger charge is -2.23. The van der Waals surface area contributed by atoms with E-state index in [1.165, 1.54) is 11.8 Å². The number of rotatable bonds is 8. The number of alkyl halides is 6. The highest BCUT2D eigenvalue weighted by atomic mass is 19.4. The minimum absolute atomic E-state index is 0.0466. The molecule has 1 heterocycles. The molecular weight excluding hydrogens is 568 g/mol. The molecule has 0 radical (unpaired) electrons. The first-order valence-corrected chi connectivity index (χ1v) is 12.7. The molecule has 228 valence electrons. The van der Waals surface area contributed by atoms with E-state index in [1.807, 2.05) is 51.2 Å². The van der Waals surface area contributed by atoms with Crippen molar-refractivity contribution in [2.45, 2.75) is 45.5 Å². The molecule has 0 aliphatic rings. The van der Waals surface area contributed by atoms with Crippen LogP contribution in [0.3, 0.4) is 0 Å². The van der Waals surface area contributed by atoms with Crippen LogP contribution in [0.4, 0.5) is 42.6 Å². The number of nitrogens with zero attached hydrogens (tertiary/aromatic N) is 3. The zero-order valence-electron chi connectivity index (χ0n) is 23.6. The van der Waals surface area contributed by atoms with Crippen molar-refractivity contribution in [1.82, 2.24) is 14.7 Å². The number of carbonyl (C=O) groups excluding carboxylic acids is 2. The van der Waals surface area contributed by atoms with Gasteiger partial charge in [0, 0.05) is 30.8 Å². The van der Waals surface area contributed by atoms with Crippen molar-refractivity contribution in [3.05, 3.63) is 70.9 Å². The Hall–Kier alpha value is -4.07. The highest BCUT2D eigenvalue weighted by molar-refractivity contribution is 5.97. The number of aryl methyl sites for hydroxylation is 1. The number of hydrogen-bond acceptors (Lipinski definition) is 4. The first-order valence-electron chi connectivity index (χ1n) is 12.7. The summed E-state index contributed by atoms with van der Waals surface area (Å²) in [7, 11) is 1.33. The Morgan fingerprint density at radius 1 is 0.929 bits per heavy atom. The van der Waals surface area contributed by atoms with Crippen molar-refractivity contribution in [2.75, 3.05) is 37.4 Å². The van der Waals surface area contributed by atoms with Gasteiger partial charge in [-0.2, -0.15) is 31.4 Å². The Kier molecular flexibility index (Phi) is 9.60. The lowest BCUT2D eigenvalue weighted by atomic mass is 9.92. The fourth-order valence-electron chi connectivity index (χ4n) is 3.83. The van der Waals surface area contributed by atoms with Gasteiger partial charge >= 0.3 is 18.4 Å². The second-order valence-corrected chi connectivity index (χ2v) is 10.6. The molecule has 42 heavy (non-hydrogen) atoms. The topological polar surface area (TPSA) is 88.5 Å². The van der Waals surface area contributed by atoms with E-state index >= 15 is 0 Å². The summed E-state index contributed by atoms with van der Waals surface area (Å²) >= 11 is 0. The van der Waals surface area contributed by atoms with E-state index in [0.717, 1.165) is 10.5 Å². The van der Waals surface area contributed by atoms with Gasteiger partial charge in [0.05, 0.1) is 29.1 Å². The number of methoxy groups -OCH3 is 1. The average molecular weight is 600 g/mol. The molecule has 0 bridgehead atoms. The number of amides is 3. The van der Waals surface area contributed by atoms with Crippen molar-refractivity contribution < 1.29 is 40.7 Å². The molecular formula is C28H31F6N5O3. The second-order valence-electron chi connectivity index (χ2n) is 10.6. The fourth-order valence-corrected chi connectivity index (χ4v) is 3.83. The SMILES string of the molecule is COCCN(CC(=O)Nc1cc(C(C)(C)C)nn1-c1cccc(C)c1)C(=O)Nc1cc(C(F)(F)F)cc(C(F)(F)F)c1. The molecule has 0 unspecified atom stereocenters. The maximum Gasteiger partial charge on any atom is 0.416 e. The molecule has 0 aliphatic heterocycles. The van der Waals surface area contributed by atoms with Crippen molar-refractivity contribution in [3.63, 3.8) is 0 Å². The van der Waals surface area contributed by atoms with Gasteiger partial charge in [-0.3, -0.25) is 4.79 Å². The molecule has 0 saturated carbocycles. The van der Waals surface area contributed by atoms with E-state index in [4.69, 9.17) is 4.74 Å². The molecule has 3 aromatic rings. The monoisotopic (exact) mass is 599 g/mol. The van der Waals surface area contributed by atoms with Crippen molar-refractivity contribution in [2.24, 2.45) is 0 Å². The highest BCUT2D eigenvalue weighted by Crippen LogP contribution is 2.37. The van der Waals surface area contributed by atoms with Crippen LogP contribution in [0, 0.1) is 6.92 Å². The third-order valence-corrected chi connectivity index (χ3v) is 6.02. The van der Waals surface area contributed by atoms with Crippen LogP contribution in [0.25, 0.3) is 5.69 Å². The molecule has 0 spiro atoms. The lowest BCUT2D eigenvalue weighted by Crippen LogP contribution is -2.42. The molecule has 0 fully saturated rings. The Balaban J connectivity index is 1.87. The summed E-state index contributed by atoms with van der Waals surface area (Å²) in [6, 6.07) is 8.68. The maximum atomic E-state index is 13.3. The second kappa shape index (κ2) is 12.4. The minimum Gasteiger partial charge on any atom is -0.383 e. The van der Waals surface area contributed by atoms with Crippen LogP contribution in [-0.4, -0.2) is 53.4 Å². The number of carbonyl (C=O) groups is 2. The van der Waals surface area contributed by atoms with Gasteiger partial charge < -0.3 is 20.3 Å². The summed E-state index contributed by atoms with van der Waals surface area (Å²) in [6.07, 6.45) is -10.2. The number of halogens is 6. The summed E-state index contributed by atoms with van der Waals surface area (Å²) in [5.41, 5.74) is -2.02. The largest absolute Gasteiger partial charge is 0.416 e. The van der Waals surface area contributed by atoms with Crippen LogP contribution in [0.2, 0.25) is 0 Å². The summed E-state index contributed by atoms with van der Waals surface area (Å²) in [4.78, 5) is 27.0. The summed E-state index contributed by atoms with van der Waals surface area (Å²) in [5, 5.41) is 9.38. The molecule has 2 aromatic carbocycles. The fraction of sp³-hybridized carbons (Fsp3) is 0.393. The van der Waals surface area contributed by atoms with Gasteiger partial charge in [-0.15, -0.1) is 0 Å². The molecule has 0 aliphatic carbocycles. The quantitative estimate of drug-likeness (QED) is 0.285. The van der Waals surface area contributed by atoms with E-state index in [9.17, 15) is 35.9 Å². The number of aromatic nitrogens is 2. The molecule has 0 atom stereocenters. The molecule has 0 saturated heterocycles. The maximum absolute atomic E-state index is 13.3. The summed E-state index contributed by atoms with van der Waals surface area (Å²) in [6.45, 7) is 6.87. The molecule has 3 rings (SSSR count). The van der Waals surface area contributed by atoms with Gasteiger partial charge in [0.15, 0.2) is 0 Å². The highest BCUT2D eigenvalue weighted by Gasteiger charge is 2.37. The van der Waals surface area contributed by atoms with Gasteiger partial charge in [-0.05, 0) is 42.8 Å². The Morgan fingerprint density at radius 2 is 1.55 bits per heavy atom. The Morgan fingerprint density at radius 3 is 2.07 bits per heavy atom. The van der Waals surface area contributed by atoms with E-state index in [0.29, 0.717) is 29.3 Å². The summed E-state index contributed by atoms with van der Waals surface area (Å²) < 4.78 is 86.1. The number of nitrogens with one attached hydrogen (secondary N) is 2. The molecule has 2 N–H and O–H groups in total. The van der Waals surface area contributed by atoms with Crippen molar-refractivity contribution in [3.8, 4) is 5.69 Å². The lowest BCUT2D eigenvalue weighted by molar-refractivity contribution is -0.143. The number of ether oxygens (including phenoxy) is 1. The predicted octanol–water partition coefficient (Wildman–Crippen LogP) is 6.63. The van der Waals surface area contributed by atoms with Crippen LogP contribution in [-0.2, 0) is 27.3 Å². The smallest absolute Gasteiger partial charge is 0.383 e. The standard InChI is InChI=1S/C28H31F6N5O3/c1-17-7-6-8-21(11-17)39-23(15-22(37-39)26(2,3)4)36-24(40)16-38(9-10-42-5)25(41)35-20-13-18(27(29,30)31)12-19(14-20)28(32,33)34/h6-8,11-15H,9-10,16H2,1-5H3,(H,35,41)(H,36,40). The third-order valence-electron chi connectivity index (χ3n) is 6.02. The number of hydrogen-bond donors (Lipinski definition) is 2.